The van der Waals surface area contributed by atoms with E-state index in [4.69, 9.17) is 0 Å². The highest BCUT2D eigenvalue weighted by Crippen LogP contribution is 1.95. The molecule has 0 spiro atoms. The largest absolute Gasteiger partial charge is 0.466 e. The summed E-state index contributed by atoms with van der Waals surface area (Å²) in [6, 6.07) is 0. The molecule has 0 saturated carbocycles. The number of esters is 1. The number of carbonyl (C=O) groups excluding carboxylic acids is 1. The molecule has 0 unspecified atom stereocenters. The summed E-state index contributed by atoms with van der Waals surface area (Å²) in [5.41, 5.74) is 0. The molecule has 2 heteroatoms. The first-order valence-electron chi connectivity index (χ1n) is 4.82. The lowest BCUT2D eigenvalue weighted by molar-refractivity contribution is -0.140. The lowest BCUT2D eigenvalue weighted by Gasteiger charge is -1.89. The number of unbranched alkanes of at least 4 members (excludes halogenated alkanes) is 3. The van der Waals surface area contributed by atoms with Gasteiger partial charge in [-0.2, -0.15) is 0 Å². The molecule has 0 radical (unpaired) electrons. The molecular weight excluding hydrogens is 164 g/mol. The molecule has 13 heavy (non-hydrogen) atoms. The van der Waals surface area contributed by atoms with Crippen LogP contribution in [-0.4, -0.2) is 12.6 Å². The van der Waals surface area contributed by atoms with Crippen molar-refractivity contribution in [3.05, 3.63) is 0 Å². The van der Waals surface area contributed by atoms with Crippen LogP contribution in [0.5, 0.6) is 0 Å². The second kappa shape index (κ2) is 17.5. The number of hydrogen-bond acceptors (Lipinski definition) is 2. The van der Waals surface area contributed by atoms with Crippen molar-refractivity contribution in [3.63, 3.8) is 0 Å². The number of carbonyl (C=O) groups is 1. The molecule has 0 fully saturated rings. The van der Waals surface area contributed by atoms with Crippen molar-refractivity contribution in [1.82, 2.24) is 0 Å². The summed E-state index contributed by atoms with van der Waals surface area (Å²) in [5, 5.41) is 0. The Morgan fingerprint density at radius 2 is 1.46 bits per heavy atom. The Labute approximate surface area is 83.7 Å². The Kier molecular flexibility index (Phi) is 24.7. The average Bonchev–Trinajstić information content (AvgIpc) is 2.02. The van der Waals surface area contributed by atoms with Gasteiger partial charge in [0.05, 0.1) is 6.61 Å². The van der Waals surface area contributed by atoms with Gasteiger partial charge in [0.2, 0.25) is 0 Å². The zero-order chi connectivity index (χ0) is 9.82. The van der Waals surface area contributed by atoms with Crippen LogP contribution in [0.4, 0.5) is 0 Å². The molecule has 0 N–H and O–H groups in total. The fourth-order valence-corrected chi connectivity index (χ4v) is 0.703. The van der Waals surface area contributed by atoms with Crippen LogP contribution in [-0.2, 0) is 9.53 Å². The van der Waals surface area contributed by atoms with Crippen molar-refractivity contribution in [2.24, 2.45) is 0 Å². The van der Waals surface area contributed by atoms with E-state index in [1.54, 1.807) is 6.92 Å². The Bertz CT molecular complexity index is 86.1. The Morgan fingerprint density at radius 3 is 1.54 bits per heavy atom. The summed E-state index contributed by atoms with van der Waals surface area (Å²) in [7, 11) is 0. The van der Waals surface area contributed by atoms with Gasteiger partial charge in [0.1, 0.15) is 0 Å². The molecule has 0 aromatic carbocycles. The quantitative estimate of drug-likeness (QED) is 0.498. The summed E-state index contributed by atoms with van der Waals surface area (Å²) in [6.07, 6.45) is 5.54. The van der Waals surface area contributed by atoms with E-state index in [1.165, 1.54) is 32.6 Å². The minimum absolute atomic E-state index is 0. The highest BCUT2D eigenvalue weighted by atomic mass is 16.5. The van der Waals surface area contributed by atoms with E-state index >= 15 is 0 Å². The summed E-state index contributed by atoms with van der Waals surface area (Å²) in [6.45, 7) is 8.12. The number of rotatable bonds is 4. The normalized spacial score (nSPS) is 7.69. The molecule has 0 aliphatic rings. The predicted molar refractivity (Wildman–Crippen MR) is 58.9 cm³/mol. The van der Waals surface area contributed by atoms with E-state index in [-0.39, 0.29) is 13.4 Å². The van der Waals surface area contributed by atoms with Crippen LogP contribution in [0.2, 0.25) is 0 Å². The smallest absolute Gasteiger partial charge is 0.302 e. The fraction of sp³-hybridized carbons (Fsp3) is 0.909. The van der Waals surface area contributed by atoms with Crippen LogP contribution in [0.15, 0.2) is 0 Å². The van der Waals surface area contributed by atoms with Crippen LogP contribution in [0.1, 0.15) is 60.8 Å². The second-order valence-electron chi connectivity index (χ2n) is 2.63. The van der Waals surface area contributed by atoms with Gasteiger partial charge in [-0.3, -0.25) is 4.79 Å². The topological polar surface area (TPSA) is 26.3 Å². The van der Waals surface area contributed by atoms with Gasteiger partial charge in [-0.1, -0.05) is 47.0 Å². The number of hydrogen-bond donors (Lipinski definition) is 0. The van der Waals surface area contributed by atoms with Crippen molar-refractivity contribution in [2.75, 3.05) is 6.61 Å². The predicted octanol–water partition coefficient (Wildman–Crippen LogP) is 3.79. The molecular formula is C11H26O2. The third-order valence-electron chi connectivity index (χ3n) is 1.30. The number of ether oxygens (including phenoxy) is 1. The molecule has 0 bridgehead atoms. The minimum Gasteiger partial charge on any atom is -0.466 e. The maximum absolute atomic E-state index is 9.82. The van der Waals surface area contributed by atoms with Gasteiger partial charge in [-0.25, -0.2) is 0 Å². The highest BCUT2D eigenvalue weighted by molar-refractivity contribution is 5.65. The summed E-state index contributed by atoms with van der Waals surface area (Å²) in [4.78, 5) is 9.82. The Morgan fingerprint density at radius 1 is 1.08 bits per heavy atom. The first-order valence-corrected chi connectivity index (χ1v) is 4.82. The van der Waals surface area contributed by atoms with Crippen molar-refractivity contribution < 1.29 is 9.53 Å². The highest BCUT2D eigenvalue weighted by Gasteiger charge is 1.81. The zero-order valence-electron chi connectivity index (χ0n) is 8.85. The third kappa shape index (κ3) is 34.4. The van der Waals surface area contributed by atoms with Crippen molar-refractivity contribution in [2.45, 2.75) is 60.8 Å². The molecule has 0 heterocycles. The fourth-order valence-electron chi connectivity index (χ4n) is 0.703. The standard InChI is InChI=1S/C6H14.C4H8O2.CH4/c1-3-5-6-4-2;1-3-6-4(2)5;/h3-6H2,1-2H3;3H2,1-2H3;1H4. The van der Waals surface area contributed by atoms with E-state index in [0.29, 0.717) is 6.61 Å². The maximum Gasteiger partial charge on any atom is 0.302 e. The van der Waals surface area contributed by atoms with Gasteiger partial charge in [-0.15, -0.1) is 0 Å². The van der Waals surface area contributed by atoms with E-state index in [1.807, 2.05) is 0 Å². The molecule has 0 aliphatic heterocycles. The molecule has 0 amide bonds. The molecule has 0 atom stereocenters. The van der Waals surface area contributed by atoms with Gasteiger partial charge < -0.3 is 4.74 Å². The van der Waals surface area contributed by atoms with E-state index in [2.05, 4.69) is 18.6 Å². The van der Waals surface area contributed by atoms with Crippen molar-refractivity contribution in [3.8, 4) is 0 Å². The van der Waals surface area contributed by atoms with Gasteiger partial charge >= 0.3 is 5.97 Å². The molecule has 0 rings (SSSR count). The van der Waals surface area contributed by atoms with Gasteiger partial charge in [0.25, 0.3) is 0 Å². The van der Waals surface area contributed by atoms with Crippen LogP contribution in [0, 0.1) is 0 Å². The molecule has 0 aromatic rings. The molecule has 0 saturated heterocycles. The molecule has 0 aromatic heterocycles. The molecule has 82 valence electrons. The SMILES string of the molecule is C.CCCCCC.CCOC(C)=O. The molecule has 2 nitrogen and oxygen atoms in total. The second-order valence-corrected chi connectivity index (χ2v) is 2.63. The van der Waals surface area contributed by atoms with Crippen molar-refractivity contribution in [1.29, 1.82) is 0 Å². The summed E-state index contributed by atoms with van der Waals surface area (Å²) < 4.78 is 4.40. The van der Waals surface area contributed by atoms with Crippen LogP contribution in [0.25, 0.3) is 0 Å². The first-order chi connectivity index (χ1) is 5.68. The first kappa shape index (κ1) is 18.3. The molecule has 0 aliphatic carbocycles. The van der Waals surface area contributed by atoms with Crippen molar-refractivity contribution >= 4 is 5.97 Å². The van der Waals surface area contributed by atoms with E-state index in [9.17, 15) is 4.79 Å². The van der Waals surface area contributed by atoms with Crippen LogP contribution in [0.3, 0.4) is 0 Å². The summed E-state index contributed by atoms with van der Waals surface area (Å²) >= 11 is 0. The Hall–Kier alpha value is -0.530. The minimum atomic E-state index is -0.211. The van der Waals surface area contributed by atoms with E-state index in [0.717, 1.165) is 0 Å². The lowest BCUT2D eigenvalue weighted by Crippen LogP contribution is -1.95. The maximum atomic E-state index is 9.82. The average molecular weight is 190 g/mol. The van der Waals surface area contributed by atoms with Crippen LogP contribution >= 0.6 is 0 Å². The Balaban J connectivity index is -0.000000143. The van der Waals surface area contributed by atoms with Gasteiger partial charge in [0, 0.05) is 6.92 Å². The van der Waals surface area contributed by atoms with Crippen LogP contribution < -0.4 is 0 Å². The monoisotopic (exact) mass is 190 g/mol. The third-order valence-corrected chi connectivity index (χ3v) is 1.30. The van der Waals surface area contributed by atoms with E-state index < -0.39 is 0 Å². The van der Waals surface area contributed by atoms with Gasteiger partial charge in [0.15, 0.2) is 0 Å². The van der Waals surface area contributed by atoms with Gasteiger partial charge in [-0.05, 0) is 6.92 Å². The summed E-state index contributed by atoms with van der Waals surface area (Å²) in [5.74, 6) is -0.211. The zero-order valence-corrected chi connectivity index (χ0v) is 8.85. The lowest BCUT2D eigenvalue weighted by atomic mass is 10.2.